The highest BCUT2D eigenvalue weighted by atomic mass is 32.2. The summed E-state index contributed by atoms with van der Waals surface area (Å²) in [5.41, 5.74) is 1.39. The van der Waals surface area contributed by atoms with E-state index in [1.165, 1.54) is 7.11 Å². The lowest BCUT2D eigenvalue weighted by Crippen LogP contribution is -2.41. The maximum atomic E-state index is 13.5. The number of nitrogens with one attached hydrogen (secondary N) is 3. The lowest BCUT2D eigenvalue weighted by atomic mass is 9.86. The van der Waals surface area contributed by atoms with Gasteiger partial charge in [0.15, 0.2) is 5.75 Å². The van der Waals surface area contributed by atoms with Crippen LogP contribution in [0.2, 0.25) is 0 Å². The monoisotopic (exact) mass is 698 g/mol. The SMILES string of the molecule is COc1c(NC(=O)c2ccc(C)c(Oc3ccnc(NC4CCN(OC(=O)OC(C)(C)C)CC4)n3)c2)cc(C(C)(C)C)cc1NS(C)(=O)=O. The molecule has 49 heavy (non-hydrogen) atoms. The van der Waals surface area contributed by atoms with Crippen LogP contribution in [0.1, 0.15) is 75.9 Å². The molecule has 1 fully saturated rings. The standard InChI is InChI=1S/C34H46N6O8S/c1-21-10-11-22(30(41)37-25-19-23(33(2,3)4)20-26(29(25)45-8)39-49(9,43)44)18-27(21)46-28-12-15-35-31(38-28)36-24-13-16-40(17-14-24)48-32(42)47-34(5,6)7/h10-12,15,18-20,24,39H,13-14,16-17H2,1-9H3,(H,37,41)(H,35,36,38). The second-order valence-electron chi connectivity index (χ2n) is 13.9. The van der Waals surface area contributed by atoms with Gasteiger partial charge in [-0.25, -0.2) is 18.2 Å². The van der Waals surface area contributed by atoms with Crippen LogP contribution in [0, 0.1) is 6.92 Å². The number of ether oxygens (including phenoxy) is 3. The van der Waals surface area contributed by atoms with Gasteiger partial charge in [-0.1, -0.05) is 26.8 Å². The van der Waals surface area contributed by atoms with Gasteiger partial charge < -0.3 is 29.7 Å². The molecule has 0 saturated carbocycles. The average molecular weight is 699 g/mol. The molecule has 1 amide bonds. The van der Waals surface area contributed by atoms with Gasteiger partial charge in [-0.05, 0) is 81.3 Å². The summed E-state index contributed by atoms with van der Waals surface area (Å²) >= 11 is 0. The van der Waals surface area contributed by atoms with Gasteiger partial charge in [0.1, 0.15) is 11.4 Å². The van der Waals surface area contributed by atoms with Gasteiger partial charge >= 0.3 is 6.16 Å². The van der Waals surface area contributed by atoms with Gasteiger partial charge in [0.2, 0.25) is 21.9 Å². The Kier molecular flexibility index (Phi) is 11.3. The van der Waals surface area contributed by atoms with E-state index in [0.717, 1.165) is 17.4 Å². The van der Waals surface area contributed by atoms with Crippen molar-refractivity contribution < 1.29 is 37.1 Å². The van der Waals surface area contributed by atoms with Crippen LogP contribution < -0.4 is 24.8 Å². The van der Waals surface area contributed by atoms with E-state index in [1.807, 2.05) is 27.7 Å². The number of carbonyl (C=O) groups is 2. The number of aryl methyl sites for hydroxylation is 1. The molecule has 1 aliphatic rings. The van der Waals surface area contributed by atoms with Gasteiger partial charge in [0.05, 0.1) is 24.7 Å². The quantitative estimate of drug-likeness (QED) is 0.204. The number of benzene rings is 2. The smallest absolute Gasteiger partial charge is 0.492 e. The van der Waals surface area contributed by atoms with Crippen molar-refractivity contribution in [3.05, 3.63) is 59.3 Å². The van der Waals surface area contributed by atoms with Crippen LogP contribution >= 0.6 is 0 Å². The molecule has 1 aromatic heterocycles. The number of sulfonamides is 1. The molecule has 266 valence electrons. The topological polar surface area (TPSA) is 170 Å². The van der Waals surface area contributed by atoms with Crippen molar-refractivity contribution in [2.24, 2.45) is 0 Å². The summed E-state index contributed by atoms with van der Waals surface area (Å²) in [6.07, 6.45) is 3.27. The van der Waals surface area contributed by atoms with Crippen LogP contribution in [0.5, 0.6) is 17.4 Å². The average Bonchev–Trinajstić information content (AvgIpc) is 2.97. The van der Waals surface area contributed by atoms with E-state index in [4.69, 9.17) is 19.0 Å². The Bertz CT molecular complexity index is 1780. The Morgan fingerprint density at radius 2 is 1.65 bits per heavy atom. The van der Waals surface area contributed by atoms with E-state index in [-0.39, 0.29) is 28.8 Å². The number of amides is 1. The summed E-state index contributed by atoms with van der Waals surface area (Å²) < 4.78 is 43.6. The van der Waals surface area contributed by atoms with Gasteiger partial charge in [-0.15, -0.1) is 5.06 Å². The highest BCUT2D eigenvalue weighted by molar-refractivity contribution is 7.92. The largest absolute Gasteiger partial charge is 0.528 e. The number of hydroxylamine groups is 2. The van der Waals surface area contributed by atoms with Crippen LogP contribution in [0.15, 0.2) is 42.6 Å². The van der Waals surface area contributed by atoms with E-state index in [1.54, 1.807) is 68.4 Å². The van der Waals surface area contributed by atoms with Crippen molar-refractivity contribution in [2.45, 2.75) is 78.4 Å². The summed E-state index contributed by atoms with van der Waals surface area (Å²) in [5, 5.41) is 7.78. The maximum Gasteiger partial charge on any atom is 0.528 e. The predicted octanol–water partition coefficient (Wildman–Crippen LogP) is 6.25. The number of anilines is 3. The molecule has 1 aliphatic heterocycles. The normalized spacial score (nSPS) is 14.5. The molecule has 1 saturated heterocycles. The first kappa shape index (κ1) is 37.2. The number of nitrogens with zero attached hydrogens (tertiary/aromatic N) is 3. The Hall–Kier alpha value is -4.63. The first-order valence-electron chi connectivity index (χ1n) is 15.9. The van der Waals surface area contributed by atoms with E-state index < -0.39 is 27.7 Å². The number of piperidine rings is 1. The van der Waals surface area contributed by atoms with E-state index in [0.29, 0.717) is 48.9 Å². The molecule has 3 N–H and O–H groups in total. The minimum Gasteiger partial charge on any atom is -0.492 e. The van der Waals surface area contributed by atoms with E-state index in [9.17, 15) is 18.0 Å². The summed E-state index contributed by atoms with van der Waals surface area (Å²) in [6, 6.07) is 10.2. The Morgan fingerprint density at radius 1 is 0.980 bits per heavy atom. The van der Waals surface area contributed by atoms with Crippen molar-refractivity contribution in [1.82, 2.24) is 15.0 Å². The zero-order valence-electron chi connectivity index (χ0n) is 29.5. The number of hydrogen-bond donors (Lipinski definition) is 3. The molecular formula is C34H46N6O8S. The van der Waals surface area contributed by atoms with Crippen LogP contribution in [0.25, 0.3) is 0 Å². The van der Waals surface area contributed by atoms with Crippen LogP contribution in [-0.2, 0) is 25.0 Å². The molecule has 4 rings (SSSR count). The van der Waals surface area contributed by atoms with E-state index in [2.05, 4.69) is 25.3 Å². The third-order valence-corrected chi connectivity index (χ3v) is 7.97. The molecule has 2 heterocycles. The van der Waals surface area contributed by atoms with Crippen molar-refractivity contribution in [2.75, 3.05) is 41.8 Å². The van der Waals surface area contributed by atoms with Gasteiger partial charge in [0, 0.05) is 37.0 Å². The third kappa shape index (κ3) is 10.9. The predicted molar refractivity (Wildman–Crippen MR) is 187 cm³/mol. The van der Waals surface area contributed by atoms with Gasteiger partial charge in [-0.2, -0.15) is 4.98 Å². The minimum absolute atomic E-state index is 0.0458. The van der Waals surface area contributed by atoms with Crippen molar-refractivity contribution in [3.8, 4) is 17.4 Å². The lowest BCUT2D eigenvalue weighted by Gasteiger charge is -2.31. The third-order valence-electron chi connectivity index (χ3n) is 7.38. The second-order valence-corrected chi connectivity index (χ2v) is 15.6. The summed E-state index contributed by atoms with van der Waals surface area (Å²) in [5.74, 6) is 0.795. The maximum absolute atomic E-state index is 13.5. The fraction of sp³-hybridized carbons (Fsp3) is 0.471. The molecule has 0 unspecified atom stereocenters. The number of carbonyl (C=O) groups excluding carboxylic acids is 2. The number of aromatic nitrogens is 2. The van der Waals surface area contributed by atoms with Gasteiger partial charge in [0.25, 0.3) is 5.91 Å². The van der Waals surface area contributed by atoms with Crippen LogP contribution in [-0.4, -0.2) is 73.6 Å². The van der Waals surface area contributed by atoms with Crippen LogP contribution in [0.4, 0.5) is 22.1 Å². The molecule has 0 spiro atoms. The molecule has 14 nitrogen and oxygen atoms in total. The molecule has 0 radical (unpaired) electrons. The second kappa shape index (κ2) is 14.9. The number of hydrogen-bond acceptors (Lipinski definition) is 12. The highest BCUT2D eigenvalue weighted by Crippen LogP contribution is 2.39. The number of rotatable bonds is 10. The molecule has 2 aromatic carbocycles. The van der Waals surface area contributed by atoms with Crippen LogP contribution in [0.3, 0.4) is 0 Å². The number of methoxy groups -OCH3 is 1. The molecule has 0 bridgehead atoms. The fourth-order valence-electron chi connectivity index (χ4n) is 4.93. The highest BCUT2D eigenvalue weighted by Gasteiger charge is 2.26. The molecule has 3 aromatic rings. The summed E-state index contributed by atoms with van der Waals surface area (Å²) in [4.78, 5) is 39.7. The zero-order valence-corrected chi connectivity index (χ0v) is 30.3. The summed E-state index contributed by atoms with van der Waals surface area (Å²) in [6.45, 7) is 14.2. The Balaban J connectivity index is 1.45. The fourth-order valence-corrected chi connectivity index (χ4v) is 5.48. The molecular weight excluding hydrogens is 652 g/mol. The van der Waals surface area contributed by atoms with Crippen molar-refractivity contribution in [1.29, 1.82) is 0 Å². The minimum atomic E-state index is -3.63. The Labute approximate surface area is 287 Å². The molecule has 0 aliphatic carbocycles. The summed E-state index contributed by atoms with van der Waals surface area (Å²) in [7, 11) is -2.22. The molecule has 15 heteroatoms. The Morgan fingerprint density at radius 3 is 2.27 bits per heavy atom. The molecule has 0 atom stereocenters. The van der Waals surface area contributed by atoms with Crippen molar-refractivity contribution >= 4 is 39.4 Å². The first-order chi connectivity index (χ1) is 22.8. The van der Waals surface area contributed by atoms with E-state index >= 15 is 0 Å². The van der Waals surface area contributed by atoms with Crippen molar-refractivity contribution in [3.63, 3.8) is 0 Å². The van der Waals surface area contributed by atoms with Gasteiger partial charge in [-0.3, -0.25) is 9.52 Å². The first-order valence-corrected chi connectivity index (χ1v) is 17.7. The lowest BCUT2D eigenvalue weighted by molar-refractivity contribution is -0.151. The zero-order chi connectivity index (χ0) is 36.1.